The maximum absolute atomic E-state index is 12.7. The van der Waals surface area contributed by atoms with Crippen LogP contribution in [0.15, 0.2) is 83.3 Å². The Kier molecular flexibility index (Phi) is 7.44. The fraction of sp³-hybridized carbons (Fsp3) is 0.130. The molecule has 1 atom stereocenters. The van der Waals surface area contributed by atoms with E-state index in [2.05, 4.69) is 21.2 Å². The van der Waals surface area contributed by atoms with Crippen LogP contribution in [0.25, 0.3) is 0 Å². The molecule has 0 aliphatic rings. The van der Waals surface area contributed by atoms with Gasteiger partial charge < -0.3 is 10.1 Å². The summed E-state index contributed by atoms with van der Waals surface area (Å²) in [6.07, 6.45) is -0.485. The molecule has 1 amide bonds. The van der Waals surface area contributed by atoms with E-state index in [4.69, 9.17) is 16.3 Å². The number of Topliss-reactive ketones (excluding diaryl/α,β-unsaturated/α-hetero) is 1. The molecule has 0 radical (unpaired) electrons. The Balaban J connectivity index is 1.70. The van der Waals surface area contributed by atoms with Gasteiger partial charge in [-0.25, -0.2) is 4.79 Å². The van der Waals surface area contributed by atoms with E-state index >= 15 is 0 Å². The molecule has 148 valence electrons. The maximum atomic E-state index is 12.7. The molecule has 1 N–H and O–H groups in total. The SMILES string of the molecule is O=C(NC(CC(=O)c1ccc(Br)cc1)c1ccc(Cl)cc1)OCc1ccccc1. The van der Waals surface area contributed by atoms with E-state index in [9.17, 15) is 9.59 Å². The summed E-state index contributed by atoms with van der Waals surface area (Å²) in [6.45, 7) is 0.153. The minimum absolute atomic E-state index is 0.0826. The Morgan fingerprint density at radius 2 is 1.59 bits per heavy atom. The molecule has 0 heterocycles. The molecule has 0 fully saturated rings. The minimum Gasteiger partial charge on any atom is -0.445 e. The first-order chi connectivity index (χ1) is 14.0. The van der Waals surface area contributed by atoms with E-state index in [1.54, 1.807) is 36.4 Å². The van der Waals surface area contributed by atoms with Crippen molar-refractivity contribution in [3.05, 3.63) is 105 Å². The minimum atomic E-state index is -0.586. The standard InChI is InChI=1S/C23H19BrClNO3/c24-19-10-6-18(7-11-19)22(27)14-21(17-8-12-20(25)13-9-17)26-23(28)29-15-16-4-2-1-3-5-16/h1-13,21H,14-15H2,(H,26,28). The number of carbonyl (C=O) groups is 2. The smallest absolute Gasteiger partial charge is 0.407 e. The molecular weight excluding hydrogens is 454 g/mol. The van der Waals surface area contributed by atoms with Gasteiger partial charge in [0.2, 0.25) is 0 Å². The number of hydrogen-bond acceptors (Lipinski definition) is 3. The molecule has 3 aromatic rings. The van der Waals surface area contributed by atoms with Crippen molar-refractivity contribution in [2.75, 3.05) is 0 Å². The Morgan fingerprint density at radius 3 is 2.24 bits per heavy atom. The van der Waals surface area contributed by atoms with Gasteiger partial charge in [-0.1, -0.05) is 82.1 Å². The molecule has 3 aromatic carbocycles. The van der Waals surface area contributed by atoms with Gasteiger partial charge in [-0.3, -0.25) is 4.79 Å². The highest BCUT2D eigenvalue weighted by Gasteiger charge is 2.20. The third-order valence-electron chi connectivity index (χ3n) is 4.33. The number of rotatable bonds is 7. The normalized spacial score (nSPS) is 11.5. The van der Waals surface area contributed by atoms with E-state index in [1.165, 1.54) is 0 Å². The third kappa shape index (κ3) is 6.44. The summed E-state index contributed by atoms with van der Waals surface area (Å²) in [5.74, 6) is -0.0826. The Morgan fingerprint density at radius 1 is 0.931 bits per heavy atom. The average molecular weight is 473 g/mol. The lowest BCUT2D eigenvalue weighted by Crippen LogP contribution is -2.30. The zero-order valence-electron chi connectivity index (χ0n) is 15.5. The number of halogens is 2. The molecule has 6 heteroatoms. The highest BCUT2D eigenvalue weighted by Crippen LogP contribution is 2.22. The molecule has 0 spiro atoms. The van der Waals surface area contributed by atoms with Gasteiger partial charge in [0, 0.05) is 21.5 Å². The summed E-state index contributed by atoms with van der Waals surface area (Å²) in [6, 6.07) is 23.0. The van der Waals surface area contributed by atoms with Crippen molar-refractivity contribution in [1.29, 1.82) is 0 Å². The molecule has 0 saturated heterocycles. The van der Waals surface area contributed by atoms with E-state index in [0.717, 1.165) is 15.6 Å². The molecule has 0 aromatic heterocycles. The first-order valence-corrected chi connectivity index (χ1v) is 10.2. The van der Waals surface area contributed by atoms with Crippen molar-refractivity contribution >= 4 is 39.4 Å². The zero-order chi connectivity index (χ0) is 20.6. The zero-order valence-corrected chi connectivity index (χ0v) is 17.8. The quantitative estimate of drug-likeness (QED) is 0.408. The van der Waals surface area contributed by atoms with Crippen molar-refractivity contribution in [3.63, 3.8) is 0 Å². The molecule has 0 saturated carbocycles. The van der Waals surface area contributed by atoms with Gasteiger partial charge >= 0.3 is 6.09 Å². The topological polar surface area (TPSA) is 55.4 Å². The van der Waals surface area contributed by atoms with E-state index < -0.39 is 12.1 Å². The van der Waals surface area contributed by atoms with Gasteiger partial charge in [-0.05, 0) is 35.4 Å². The molecule has 4 nitrogen and oxygen atoms in total. The number of benzene rings is 3. The molecule has 0 bridgehead atoms. The first-order valence-electron chi connectivity index (χ1n) is 9.03. The van der Waals surface area contributed by atoms with Crippen LogP contribution in [0.1, 0.15) is 33.9 Å². The van der Waals surface area contributed by atoms with Crippen LogP contribution in [0.5, 0.6) is 0 Å². The van der Waals surface area contributed by atoms with E-state index in [0.29, 0.717) is 10.6 Å². The number of ketones is 1. The molecule has 1 unspecified atom stereocenters. The Hall–Kier alpha value is -2.63. The van der Waals surface area contributed by atoms with Crippen LogP contribution in [0.4, 0.5) is 4.79 Å². The van der Waals surface area contributed by atoms with Gasteiger partial charge in [0.15, 0.2) is 5.78 Å². The fourth-order valence-electron chi connectivity index (χ4n) is 2.79. The highest BCUT2D eigenvalue weighted by molar-refractivity contribution is 9.10. The van der Waals surface area contributed by atoms with Crippen LogP contribution < -0.4 is 5.32 Å². The number of amides is 1. The Labute approximate surface area is 183 Å². The highest BCUT2D eigenvalue weighted by atomic mass is 79.9. The fourth-order valence-corrected chi connectivity index (χ4v) is 3.18. The monoisotopic (exact) mass is 471 g/mol. The number of ether oxygens (including phenoxy) is 1. The van der Waals surface area contributed by atoms with Crippen molar-refractivity contribution in [1.82, 2.24) is 5.32 Å². The van der Waals surface area contributed by atoms with E-state index in [-0.39, 0.29) is 18.8 Å². The van der Waals surface area contributed by atoms with Crippen LogP contribution in [-0.2, 0) is 11.3 Å². The van der Waals surface area contributed by atoms with Crippen LogP contribution in [0.3, 0.4) is 0 Å². The first kappa shape index (κ1) is 21.1. The van der Waals surface area contributed by atoms with Gasteiger partial charge in [-0.15, -0.1) is 0 Å². The van der Waals surface area contributed by atoms with Crippen molar-refractivity contribution in [2.45, 2.75) is 19.1 Å². The Bertz CT molecular complexity index is 960. The number of hydrogen-bond donors (Lipinski definition) is 1. The van der Waals surface area contributed by atoms with Crippen LogP contribution >= 0.6 is 27.5 Å². The average Bonchev–Trinajstić information content (AvgIpc) is 2.73. The molecule has 0 aliphatic carbocycles. The molecule has 29 heavy (non-hydrogen) atoms. The number of alkyl carbamates (subject to hydrolysis) is 1. The summed E-state index contributed by atoms with van der Waals surface area (Å²) in [4.78, 5) is 25.1. The van der Waals surface area contributed by atoms with Gasteiger partial charge in [-0.2, -0.15) is 0 Å². The molecule has 0 aliphatic heterocycles. The van der Waals surface area contributed by atoms with Crippen LogP contribution in [0.2, 0.25) is 5.02 Å². The van der Waals surface area contributed by atoms with Crippen molar-refractivity contribution in [2.24, 2.45) is 0 Å². The number of carbonyl (C=O) groups excluding carboxylic acids is 2. The summed E-state index contributed by atoms with van der Waals surface area (Å²) >= 11 is 9.33. The number of nitrogens with one attached hydrogen (secondary N) is 1. The lowest BCUT2D eigenvalue weighted by atomic mass is 9.98. The lowest BCUT2D eigenvalue weighted by molar-refractivity contribution is 0.0963. The second kappa shape index (κ2) is 10.2. The van der Waals surface area contributed by atoms with Crippen molar-refractivity contribution in [3.8, 4) is 0 Å². The second-order valence-electron chi connectivity index (χ2n) is 6.44. The van der Waals surface area contributed by atoms with E-state index in [1.807, 2.05) is 42.5 Å². The summed E-state index contributed by atoms with van der Waals surface area (Å²) < 4.78 is 6.21. The van der Waals surface area contributed by atoms with Gasteiger partial charge in [0.25, 0.3) is 0 Å². The van der Waals surface area contributed by atoms with Gasteiger partial charge in [0.05, 0.1) is 6.04 Å². The van der Waals surface area contributed by atoms with Crippen LogP contribution in [0, 0.1) is 0 Å². The molecular formula is C23H19BrClNO3. The predicted octanol–water partition coefficient (Wildman–Crippen LogP) is 6.34. The van der Waals surface area contributed by atoms with Crippen LogP contribution in [-0.4, -0.2) is 11.9 Å². The third-order valence-corrected chi connectivity index (χ3v) is 5.11. The lowest BCUT2D eigenvalue weighted by Gasteiger charge is -2.19. The van der Waals surface area contributed by atoms with Crippen molar-refractivity contribution < 1.29 is 14.3 Å². The largest absolute Gasteiger partial charge is 0.445 e. The molecule has 3 rings (SSSR count). The summed E-state index contributed by atoms with van der Waals surface area (Å²) in [5.41, 5.74) is 2.24. The predicted molar refractivity (Wildman–Crippen MR) is 117 cm³/mol. The summed E-state index contributed by atoms with van der Waals surface area (Å²) in [5, 5.41) is 3.38. The maximum Gasteiger partial charge on any atom is 0.407 e. The van der Waals surface area contributed by atoms with Gasteiger partial charge in [0.1, 0.15) is 6.61 Å². The second-order valence-corrected chi connectivity index (χ2v) is 7.80. The summed E-state index contributed by atoms with van der Waals surface area (Å²) in [7, 11) is 0.